The maximum Gasteiger partial charge on any atom is 0.302 e. The van der Waals surface area contributed by atoms with Crippen LogP contribution in [0, 0.1) is 50.7 Å². The van der Waals surface area contributed by atoms with E-state index in [9.17, 15) is 14.7 Å². The number of hydrogen-bond donors (Lipinski definition) is 2. The minimum Gasteiger partial charge on any atom is -0.462 e. The van der Waals surface area contributed by atoms with E-state index >= 15 is 0 Å². The van der Waals surface area contributed by atoms with Crippen LogP contribution < -0.4 is 5.43 Å². The molecular formula is C40H55ClN2O5. The Morgan fingerprint density at radius 1 is 0.979 bits per heavy atom. The van der Waals surface area contributed by atoms with Gasteiger partial charge in [-0.25, -0.2) is 0 Å². The topological polar surface area (TPSA) is 97.2 Å². The van der Waals surface area contributed by atoms with Crippen molar-refractivity contribution in [1.29, 1.82) is 0 Å². The molecule has 10 atom stereocenters. The molecule has 0 bridgehead atoms. The molecule has 2 N–H and O–H groups in total. The van der Waals surface area contributed by atoms with Crippen LogP contribution in [-0.4, -0.2) is 35.0 Å². The summed E-state index contributed by atoms with van der Waals surface area (Å²) in [6.07, 6.45) is 6.74. The largest absolute Gasteiger partial charge is 0.462 e. The van der Waals surface area contributed by atoms with E-state index in [0.717, 1.165) is 62.5 Å². The van der Waals surface area contributed by atoms with Crippen molar-refractivity contribution in [1.82, 2.24) is 5.43 Å². The Labute approximate surface area is 291 Å². The molecule has 1 aliphatic heterocycles. The second-order valence-corrected chi connectivity index (χ2v) is 18.3. The van der Waals surface area contributed by atoms with Crippen molar-refractivity contribution in [2.24, 2.45) is 55.8 Å². The maximum absolute atomic E-state index is 14.1. The van der Waals surface area contributed by atoms with Crippen molar-refractivity contribution in [3.63, 3.8) is 0 Å². The highest BCUT2D eigenvalue weighted by Gasteiger charge is 2.71. The van der Waals surface area contributed by atoms with E-state index in [1.807, 2.05) is 24.3 Å². The van der Waals surface area contributed by atoms with E-state index in [4.69, 9.17) is 21.1 Å². The number of Topliss-reactive ketones (excluding diaryl/α,β-unsaturated/α-hetero) is 1. The van der Waals surface area contributed by atoms with Gasteiger partial charge in [-0.1, -0.05) is 72.2 Å². The van der Waals surface area contributed by atoms with Crippen LogP contribution in [0.4, 0.5) is 0 Å². The maximum atomic E-state index is 14.1. The zero-order valence-electron chi connectivity index (χ0n) is 30.1. The zero-order chi connectivity index (χ0) is 34.6. The van der Waals surface area contributed by atoms with Gasteiger partial charge in [-0.2, -0.15) is 0 Å². The van der Waals surface area contributed by atoms with E-state index in [2.05, 4.69) is 59.0 Å². The molecule has 0 radical (unpaired) electrons. The summed E-state index contributed by atoms with van der Waals surface area (Å²) in [5, 5.41) is 17.5. The standard InChI is InChI=1S/C40H55ClN2O5/c1-22(2)31-27(45)21-40(33(46)35-43-42-34(48-35)24-9-11-25(41)12-10-24)20-19-38(7)26(32(31)40)13-14-29-37(6)17-16-30(47-23(3)44)36(4,5)28(37)15-18-39(29,38)8/h9-12,22,26,28-30,33-34,42,46H,13-21H2,1-8H3/t26?,28?,29-,30+,33+,34-,37?,38-,39-,40-/m1/s1. The van der Waals surface area contributed by atoms with Crippen molar-refractivity contribution < 1.29 is 24.2 Å². The summed E-state index contributed by atoms with van der Waals surface area (Å²) in [7, 11) is 0. The third kappa shape index (κ3) is 4.64. The molecule has 0 saturated heterocycles. The normalized spacial score (nSPS) is 42.1. The monoisotopic (exact) mass is 678 g/mol. The molecule has 0 spiro atoms. The van der Waals surface area contributed by atoms with E-state index in [1.54, 1.807) is 0 Å². The van der Waals surface area contributed by atoms with Gasteiger partial charge in [0.1, 0.15) is 12.2 Å². The zero-order valence-corrected chi connectivity index (χ0v) is 30.9. The van der Waals surface area contributed by atoms with Crippen LogP contribution in [0.5, 0.6) is 0 Å². The Balaban J connectivity index is 1.23. The number of rotatable bonds is 5. The summed E-state index contributed by atoms with van der Waals surface area (Å²) in [6.45, 7) is 18.1. The first-order chi connectivity index (χ1) is 22.5. The van der Waals surface area contributed by atoms with E-state index < -0.39 is 17.7 Å². The van der Waals surface area contributed by atoms with Gasteiger partial charge in [-0.05, 0) is 115 Å². The number of benzene rings is 1. The fourth-order valence-corrected chi connectivity index (χ4v) is 13.0. The number of nitrogens with zero attached hydrogens (tertiary/aromatic N) is 1. The molecule has 8 heteroatoms. The fraction of sp³-hybridized carbons (Fsp3) is 0.725. The summed E-state index contributed by atoms with van der Waals surface area (Å²) in [5.74, 6) is 1.56. The minimum absolute atomic E-state index is 0.0213. The second kappa shape index (κ2) is 11.3. The van der Waals surface area contributed by atoms with Gasteiger partial charge in [-0.3, -0.25) is 15.0 Å². The van der Waals surface area contributed by atoms with Crippen molar-refractivity contribution in [2.45, 2.75) is 132 Å². The van der Waals surface area contributed by atoms with Gasteiger partial charge in [0.2, 0.25) is 12.1 Å². The van der Waals surface area contributed by atoms with Crippen LogP contribution in [0.2, 0.25) is 5.02 Å². The summed E-state index contributed by atoms with van der Waals surface area (Å²) in [6, 6.07) is 7.43. The first-order valence-corrected chi connectivity index (χ1v) is 18.8. The summed E-state index contributed by atoms with van der Waals surface area (Å²) >= 11 is 6.12. The van der Waals surface area contributed by atoms with E-state index in [0.29, 0.717) is 23.3 Å². The average molecular weight is 679 g/mol. The van der Waals surface area contributed by atoms with Crippen LogP contribution in [0.1, 0.15) is 125 Å². The lowest BCUT2D eigenvalue weighted by Crippen LogP contribution is -2.66. The molecule has 0 aromatic heterocycles. The number of ketones is 1. The Morgan fingerprint density at radius 3 is 2.35 bits per heavy atom. The van der Waals surface area contributed by atoms with Gasteiger partial charge in [0.25, 0.3) is 0 Å². The SMILES string of the molecule is CC(=O)O[C@H]1CCC2(C)C(CC[C@]3(C)[C@@H]2CCC2C4=C(C(C)C)C(=O)C[C@]4([C@@H](O)C4=NN[C@@H](c5ccc(Cl)cc5)O4)CC[C@]23C)C1(C)C. The number of esters is 1. The van der Waals surface area contributed by atoms with Crippen LogP contribution >= 0.6 is 11.6 Å². The number of ether oxygens (including phenoxy) is 2. The van der Waals surface area contributed by atoms with E-state index in [1.165, 1.54) is 12.5 Å². The molecule has 48 heavy (non-hydrogen) atoms. The molecule has 6 aliphatic rings. The Bertz CT molecular complexity index is 1570. The van der Waals surface area contributed by atoms with Gasteiger partial charge in [0.15, 0.2) is 5.78 Å². The number of hydrazone groups is 1. The first-order valence-electron chi connectivity index (χ1n) is 18.4. The minimum atomic E-state index is -1.02. The molecule has 7 rings (SSSR count). The van der Waals surface area contributed by atoms with Gasteiger partial charge in [0.05, 0.1) is 0 Å². The first kappa shape index (κ1) is 34.1. The third-order valence-corrected chi connectivity index (χ3v) is 15.4. The van der Waals surface area contributed by atoms with E-state index in [-0.39, 0.29) is 57.3 Å². The number of aliphatic hydroxyl groups is 1. The number of fused-ring (bicyclic) bond motifs is 7. The molecular weight excluding hydrogens is 624 g/mol. The fourth-order valence-electron chi connectivity index (χ4n) is 12.8. The lowest BCUT2D eigenvalue weighted by Gasteiger charge is -2.72. The van der Waals surface area contributed by atoms with Crippen LogP contribution in [0.15, 0.2) is 40.5 Å². The molecule has 5 aliphatic carbocycles. The second-order valence-electron chi connectivity index (χ2n) is 17.8. The number of carbonyl (C=O) groups is 2. The van der Waals surface area contributed by atoms with Crippen LogP contribution in [0.3, 0.4) is 0 Å². The van der Waals surface area contributed by atoms with Gasteiger partial charge in [0, 0.05) is 34.8 Å². The number of carbonyl (C=O) groups excluding carboxylic acids is 2. The molecule has 3 unspecified atom stereocenters. The Hall–Kier alpha value is -2.38. The van der Waals surface area contributed by atoms with Crippen LogP contribution in [-0.2, 0) is 19.1 Å². The number of aliphatic hydroxyl groups excluding tert-OH is 1. The van der Waals surface area contributed by atoms with Crippen molar-refractivity contribution >= 4 is 29.3 Å². The molecule has 1 heterocycles. The third-order valence-electron chi connectivity index (χ3n) is 15.2. The van der Waals surface area contributed by atoms with Gasteiger partial charge >= 0.3 is 5.97 Å². The highest BCUT2D eigenvalue weighted by atomic mass is 35.5. The number of allylic oxidation sites excluding steroid dienone is 1. The molecule has 0 amide bonds. The predicted molar refractivity (Wildman–Crippen MR) is 187 cm³/mol. The smallest absolute Gasteiger partial charge is 0.302 e. The highest BCUT2D eigenvalue weighted by molar-refractivity contribution is 6.30. The van der Waals surface area contributed by atoms with Crippen LogP contribution in [0.25, 0.3) is 0 Å². The summed E-state index contributed by atoms with van der Waals surface area (Å²) < 4.78 is 12.2. The van der Waals surface area contributed by atoms with Gasteiger partial charge in [-0.15, -0.1) is 5.10 Å². The Kier molecular flexibility index (Phi) is 8.04. The lowest BCUT2D eigenvalue weighted by molar-refractivity contribution is -0.233. The number of hydrogen-bond acceptors (Lipinski definition) is 7. The van der Waals surface area contributed by atoms with Crippen molar-refractivity contribution in [3.8, 4) is 0 Å². The molecule has 1 aromatic carbocycles. The average Bonchev–Trinajstić information content (AvgIpc) is 3.62. The molecule has 262 valence electrons. The molecule has 4 saturated carbocycles. The molecule has 1 aromatic rings. The number of nitrogens with one attached hydrogen (secondary N) is 1. The Morgan fingerprint density at radius 2 is 1.69 bits per heavy atom. The summed E-state index contributed by atoms with van der Waals surface area (Å²) in [4.78, 5) is 26.1. The van der Waals surface area contributed by atoms with Gasteiger partial charge < -0.3 is 14.6 Å². The lowest BCUT2D eigenvalue weighted by atomic mass is 9.33. The van der Waals surface area contributed by atoms with Crippen molar-refractivity contribution in [2.75, 3.05) is 0 Å². The van der Waals surface area contributed by atoms with Crippen molar-refractivity contribution in [3.05, 3.63) is 46.0 Å². The molecule has 4 fully saturated rings. The summed E-state index contributed by atoms with van der Waals surface area (Å²) in [5.41, 5.74) is 5.49. The quantitative estimate of drug-likeness (QED) is 0.303. The number of halogens is 1. The highest BCUT2D eigenvalue weighted by Crippen LogP contribution is 2.77. The predicted octanol–water partition coefficient (Wildman–Crippen LogP) is 8.55. The molecule has 7 nitrogen and oxygen atoms in total.